The van der Waals surface area contributed by atoms with E-state index in [0.717, 1.165) is 22.3 Å². The van der Waals surface area contributed by atoms with Crippen molar-refractivity contribution in [2.45, 2.75) is 6.42 Å². The van der Waals surface area contributed by atoms with Crippen molar-refractivity contribution in [1.82, 2.24) is 15.2 Å². The topological polar surface area (TPSA) is 51.8 Å². The predicted octanol–water partition coefficient (Wildman–Crippen LogP) is 4.27. The van der Waals surface area contributed by atoms with E-state index in [9.17, 15) is 8.78 Å². The van der Waals surface area contributed by atoms with Gasteiger partial charge in [-0.25, -0.2) is 8.78 Å². The summed E-state index contributed by atoms with van der Waals surface area (Å²) in [7, 11) is 0. The zero-order valence-corrected chi connectivity index (χ0v) is 13.3. The van der Waals surface area contributed by atoms with Crippen LogP contribution in [0.1, 0.15) is 23.0 Å². The molecule has 0 atom stereocenters. The first-order valence-electron chi connectivity index (χ1n) is 6.66. The number of benzene rings is 1. The monoisotopic (exact) mass is 377 g/mol. The lowest BCUT2D eigenvalue weighted by Gasteiger charge is -1.97. The molecule has 2 heterocycles. The van der Waals surface area contributed by atoms with E-state index in [1.807, 2.05) is 24.3 Å². The molecule has 0 spiro atoms. The van der Waals surface area contributed by atoms with Crippen LogP contribution in [0.5, 0.6) is 0 Å². The van der Waals surface area contributed by atoms with Gasteiger partial charge in [-0.15, -0.1) is 10.2 Å². The van der Waals surface area contributed by atoms with E-state index in [0.29, 0.717) is 12.3 Å². The van der Waals surface area contributed by atoms with Crippen molar-refractivity contribution < 1.29 is 13.2 Å². The number of hydrogen-bond acceptors (Lipinski definition) is 4. The Morgan fingerprint density at radius 3 is 2.78 bits per heavy atom. The summed E-state index contributed by atoms with van der Waals surface area (Å²) in [6.45, 7) is 0. The van der Waals surface area contributed by atoms with Crippen molar-refractivity contribution in [3.63, 3.8) is 0 Å². The van der Waals surface area contributed by atoms with Gasteiger partial charge in [0.15, 0.2) is 5.82 Å². The molecule has 0 bridgehead atoms. The SMILES string of the molecule is Fc1cnc(C=Cc2nnc(Cc3cccc(Br)c3)o2)c(F)c1. The van der Waals surface area contributed by atoms with E-state index in [-0.39, 0.29) is 11.6 Å². The Morgan fingerprint density at radius 2 is 2.00 bits per heavy atom. The standard InChI is InChI=1S/C16H10BrF2N3O/c17-11-3-1-2-10(6-11)7-16-22-21-15(23-16)5-4-14-13(19)8-12(18)9-20-14/h1-6,8-9H,7H2. The Bertz CT molecular complexity index is 864. The van der Waals surface area contributed by atoms with Crippen LogP contribution in [0.2, 0.25) is 0 Å². The molecule has 0 unspecified atom stereocenters. The fourth-order valence-electron chi connectivity index (χ4n) is 1.92. The first-order chi connectivity index (χ1) is 11.1. The quantitative estimate of drug-likeness (QED) is 0.681. The third kappa shape index (κ3) is 4.07. The Kier molecular flexibility index (Phi) is 4.57. The minimum Gasteiger partial charge on any atom is -0.421 e. The highest BCUT2D eigenvalue weighted by Crippen LogP contribution is 2.16. The van der Waals surface area contributed by atoms with Gasteiger partial charge in [0.1, 0.15) is 5.82 Å². The molecule has 3 rings (SSSR count). The maximum Gasteiger partial charge on any atom is 0.240 e. The first kappa shape index (κ1) is 15.5. The average molecular weight is 378 g/mol. The van der Waals surface area contributed by atoms with Crippen molar-refractivity contribution in [3.8, 4) is 0 Å². The second kappa shape index (κ2) is 6.78. The van der Waals surface area contributed by atoms with Gasteiger partial charge in [0.05, 0.1) is 18.3 Å². The van der Waals surface area contributed by atoms with E-state index in [1.165, 1.54) is 12.2 Å². The highest BCUT2D eigenvalue weighted by atomic mass is 79.9. The van der Waals surface area contributed by atoms with Gasteiger partial charge in [0, 0.05) is 16.6 Å². The molecule has 4 nitrogen and oxygen atoms in total. The number of aromatic nitrogens is 3. The molecule has 0 aliphatic rings. The van der Waals surface area contributed by atoms with Crippen LogP contribution in [0.15, 0.2) is 45.4 Å². The molecule has 23 heavy (non-hydrogen) atoms. The van der Waals surface area contributed by atoms with Crippen LogP contribution in [-0.2, 0) is 6.42 Å². The third-order valence-corrected chi connectivity index (χ3v) is 3.44. The second-order valence-corrected chi connectivity index (χ2v) is 5.61. The maximum absolute atomic E-state index is 13.5. The molecule has 0 fully saturated rings. The van der Waals surface area contributed by atoms with Crippen molar-refractivity contribution >= 4 is 28.1 Å². The Hall–Kier alpha value is -2.41. The summed E-state index contributed by atoms with van der Waals surface area (Å²) in [5, 5.41) is 7.79. The fourth-order valence-corrected chi connectivity index (χ4v) is 2.37. The highest BCUT2D eigenvalue weighted by molar-refractivity contribution is 9.10. The molecule has 0 aliphatic carbocycles. The van der Waals surface area contributed by atoms with Crippen LogP contribution in [0.25, 0.3) is 12.2 Å². The van der Waals surface area contributed by atoms with Crippen LogP contribution in [0, 0.1) is 11.6 Å². The lowest BCUT2D eigenvalue weighted by molar-refractivity contribution is 0.496. The van der Waals surface area contributed by atoms with Gasteiger partial charge < -0.3 is 4.42 Å². The zero-order chi connectivity index (χ0) is 16.2. The molecular weight excluding hydrogens is 368 g/mol. The van der Waals surface area contributed by atoms with Gasteiger partial charge in [-0.1, -0.05) is 28.1 Å². The smallest absolute Gasteiger partial charge is 0.240 e. The zero-order valence-electron chi connectivity index (χ0n) is 11.7. The average Bonchev–Trinajstić information content (AvgIpc) is 2.94. The van der Waals surface area contributed by atoms with E-state index >= 15 is 0 Å². The van der Waals surface area contributed by atoms with Crippen molar-refractivity contribution in [1.29, 1.82) is 0 Å². The molecule has 0 aliphatic heterocycles. The molecule has 0 radical (unpaired) electrons. The van der Waals surface area contributed by atoms with Crippen LogP contribution in [0.3, 0.4) is 0 Å². The van der Waals surface area contributed by atoms with Gasteiger partial charge in [0.2, 0.25) is 11.8 Å². The third-order valence-electron chi connectivity index (χ3n) is 2.95. The summed E-state index contributed by atoms with van der Waals surface area (Å²) >= 11 is 3.40. The van der Waals surface area contributed by atoms with E-state index < -0.39 is 11.6 Å². The minimum absolute atomic E-state index is 0.00172. The maximum atomic E-state index is 13.5. The van der Waals surface area contributed by atoms with Crippen LogP contribution in [0.4, 0.5) is 8.78 Å². The van der Waals surface area contributed by atoms with Crippen molar-refractivity contribution in [2.75, 3.05) is 0 Å². The Labute approximate surface area is 139 Å². The van der Waals surface area contributed by atoms with Crippen LogP contribution in [-0.4, -0.2) is 15.2 Å². The Balaban J connectivity index is 1.73. The summed E-state index contributed by atoms with van der Waals surface area (Å²) in [4.78, 5) is 3.65. The molecule has 3 aromatic rings. The van der Waals surface area contributed by atoms with Crippen LogP contribution >= 0.6 is 15.9 Å². The molecule has 0 saturated heterocycles. The summed E-state index contributed by atoms with van der Waals surface area (Å²) in [5.74, 6) is -0.820. The number of hydrogen-bond donors (Lipinski definition) is 0. The molecule has 1 aromatic carbocycles. The van der Waals surface area contributed by atoms with Gasteiger partial charge in [-0.05, 0) is 23.8 Å². The summed E-state index contributed by atoms with van der Waals surface area (Å²) in [6, 6.07) is 8.51. The van der Waals surface area contributed by atoms with E-state index in [1.54, 1.807) is 0 Å². The molecule has 0 amide bonds. The molecule has 0 N–H and O–H groups in total. The largest absolute Gasteiger partial charge is 0.421 e. The second-order valence-electron chi connectivity index (χ2n) is 4.69. The molecule has 7 heteroatoms. The Morgan fingerprint density at radius 1 is 1.13 bits per heavy atom. The van der Waals surface area contributed by atoms with Crippen molar-refractivity contribution in [2.24, 2.45) is 0 Å². The molecule has 116 valence electrons. The summed E-state index contributed by atoms with van der Waals surface area (Å²) in [5.41, 5.74) is 1.02. The normalized spacial score (nSPS) is 11.3. The highest BCUT2D eigenvalue weighted by Gasteiger charge is 2.06. The van der Waals surface area contributed by atoms with Gasteiger partial charge >= 0.3 is 0 Å². The number of nitrogens with zero attached hydrogens (tertiary/aromatic N) is 3. The lowest BCUT2D eigenvalue weighted by atomic mass is 10.1. The minimum atomic E-state index is -0.755. The number of halogens is 3. The number of rotatable bonds is 4. The van der Waals surface area contributed by atoms with Gasteiger partial charge in [0.25, 0.3) is 0 Å². The molecule has 0 saturated carbocycles. The summed E-state index contributed by atoms with van der Waals surface area (Å²) in [6.07, 6.45) is 4.21. The summed E-state index contributed by atoms with van der Waals surface area (Å²) < 4.78 is 32.7. The van der Waals surface area contributed by atoms with Gasteiger partial charge in [-0.3, -0.25) is 4.98 Å². The molecule has 2 aromatic heterocycles. The van der Waals surface area contributed by atoms with Gasteiger partial charge in [-0.2, -0.15) is 0 Å². The lowest BCUT2D eigenvalue weighted by Crippen LogP contribution is -1.89. The molecular formula is C16H10BrF2N3O. The number of pyridine rings is 1. The van der Waals surface area contributed by atoms with Crippen LogP contribution < -0.4 is 0 Å². The van der Waals surface area contributed by atoms with E-state index in [4.69, 9.17) is 4.42 Å². The fraction of sp³-hybridized carbons (Fsp3) is 0.0625. The van der Waals surface area contributed by atoms with Crippen molar-refractivity contribution in [3.05, 3.63) is 75.7 Å². The first-order valence-corrected chi connectivity index (χ1v) is 7.45. The predicted molar refractivity (Wildman–Crippen MR) is 84.3 cm³/mol. The van der Waals surface area contributed by atoms with E-state index in [2.05, 4.69) is 31.1 Å².